The number of nitrogens with zero attached hydrogens (tertiary/aromatic N) is 3. The highest BCUT2D eigenvalue weighted by atomic mass is 16.6. The summed E-state index contributed by atoms with van der Waals surface area (Å²) in [5.74, 6) is -2.17. The van der Waals surface area contributed by atoms with Crippen molar-refractivity contribution in [2.24, 2.45) is 16.8 Å². The number of carbonyl (C=O) groups is 5. The van der Waals surface area contributed by atoms with Crippen molar-refractivity contribution < 1.29 is 38.2 Å². The molecule has 0 aromatic heterocycles. The lowest BCUT2D eigenvalue weighted by Gasteiger charge is -2.28. The van der Waals surface area contributed by atoms with Crippen LogP contribution in [0.3, 0.4) is 0 Å². The molecule has 4 aliphatic rings. The number of esters is 1. The van der Waals surface area contributed by atoms with Crippen molar-refractivity contribution in [1.82, 2.24) is 15.1 Å². The second-order valence-corrected chi connectivity index (χ2v) is 14.2. The van der Waals surface area contributed by atoms with Crippen molar-refractivity contribution in [3.05, 3.63) is 35.4 Å². The lowest BCUT2D eigenvalue weighted by molar-refractivity contribution is -0.150. The second kappa shape index (κ2) is 14.4. The fourth-order valence-electron chi connectivity index (χ4n) is 6.95. The highest BCUT2D eigenvalue weighted by Gasteiger charge is 2.62. The molecule has 47 heavy (non-hydrogen) atoms. The largest absolute Gasteiger partial charge is 0.464 e. The van der Waals surface area contributed by atoms with Crippen LogP contribution in [0.5, 0.6) is 0 Å². The quantitative estimate of drug-likeness (QED) is 0.275. The monoisotopic (exact) mass is 652 g/mol. The molecule has 3 fully saturated rings. The first-order valence-electron chi connectivity index (χ1n) is 17.0. The fourth-order valence-corrected chi connectivity index (χ4v) is 6.95. The number of aliphatic imine (C=N–C) groups is 1. The Morgan fingerprint density at radius 3 is 2.34 bits per heavy atom. The Morgan fingerprint density at radius 1 is 1.02 bits per heavy atom. The number of nitrogens with one attached hydrogen (secondary N) is 1. The molecule has 5 rings (SSSR count). The highest BCUT2D eigenvalue weighted by molar-refractivity contribution is 6.00. The van der Waals surface area contributed by atoms with E-state index in [-0.39, 0.29) is 25.5 Å². The molecule has 1 N–H and O–H groups in total. The van der Waals surface area contributed by atoms with Crippen molar-refractivity contribution in [1.29, 1.82) is 0 Å². The number of carbonyl (C=O) groups excluding carboxylic acids is 5. The summed E-state index contributed by atoms with van der Waals surface area (Å²) in [6.45, 7) is 7.96. The van der Waals surface area contributed by atoms with Gasteiger partial charge in [0, 0.05) is 25.7 Å². The van der Waals surface area contributed by atoms with Gasteiger partial charge in [-0.15, -0.1) is 0 Å². The Balaban J connectivity index is 1.38. The van der Waals surface area contributed by atoms with Crippen LogP contribution < -0.4 is 5.32 Å². The number of ether oxygens (including phenoxy) is 3. The van der Waals surface area contributed by atoms with Crippen molar-refractivity contribution in [2.75, 3.05) is 13.2 Å². The molecular weight excluding hydrogens is 604 g/mol. The second-order valence-electron chi connectivity index (χ2n) is 14.2. The van der Waals surface area contributed by atoms with E-state index in [2.05, 4.69) is 10.3 Å². The average molecular weight is 653 g/mol. The number of hydrogen-bond donors (Lipinski definition) is 1. The standard InChI is InChI=1S/C35H48N4O8/c1-5-45-31(42)35-18-26(35)16-10-8-6-7-9-13-23(19-36-32(43)47-34(2,3)4)30(41)39-22-27(17-28(39)29(40)37-35)46-33(44)38-20-24-14-11-12-15-25(24)21-38/h11-12,14-15,19,23,26-28H,5-10,13,16-18,20-22H2,1-4H3,(H,37,40)/t23?,26-,27-,28+,35-/m1/s1. The third-order valence-electron chi connectivity index (χ3n) is 9.44. The SMILES string of the molecule is CCOC(=O)[C@@]12C[C@H]1CCCCCCCC(C=NC(=O)OC(C)(C)C)C(=O)N1C[C@H](OC(=O)N3Cc4ccccc4C3)C[C@H]1C(=O)N2. The Morgan fingerprint density at radius 2 is 1.68 bits per heavy atom. The summed E-state index contributed by atoms with van der Waals surface area (Å²) >= 11 is 0. The van der Waals surface area contributed by atoms with E-state index < -0.39 is 59.2 Å². The molecule has 0 bridgehead atoms. The van der Waals surface area contributed by atoms with Crippen LogP contribution in [0.1, 0.15) is 96.6 Å². The van der Waals surface area contributed by atoms with Crippen LogP contribution in [0.2, 0.25) is 0 Å². The predicted octanol–water partition coefficient (Wildman–Crippen LogP) is 4.91. The predicted molar refractivity (Wildman–Crippen MR) is 172 cm³/mol. The molecule has 256 valence electrons. The van der Waals surface area contributed by atoms with Gasteiger partial charge in [0.25, 0.3) is 0 Å². The molecule has 1 aliphatic carbocycles. The molecule has 12 nitrogen and oxygen atoms in total. The van der Waals surface area contributed by atoms with E-state index in [0.29, 0.717) is 25.9 Å². The topological polar surface area (TPSA) is 144 Å². The molecule has 3 heterocycles. The normalized spacial score (nSPS) is 28.3. The third-order valence-corrected chi connectivity index (χ3v) is 9.44. The number of amides is 4. The first kappa shape index (κ1) is 34.4. The zero-order valence-electron chi connectivity index (χ0n) is 28.0. The number of hydrogen-bond acceptors (Lipinski definition) is 8. The van der Waals surface area contributed by atoms with E-state index in [1.807, 2.05) is 24.3 Å². The van der Waals surface area contributed by atoms with Gasteiger partial charge in [0.2, 0.25) is 11.8 Å². The molecule has 1 saturated carbocycles. The summed E-state index contributed by atoms with van der Waals surface area (Å²) in [4.78, 5) is 74.1. The van der Waals surface area contributed by atoms with E-state index >= 15 is 0 Å². The minimum absolute atomic E-state index is 0.00391. The van der Waals surface area contributed by atoms with E-state index in [4.69, 9.17) is 14.2 Å². The van der Waals surface area contributed by atoms with Gasteiger partial charge in [-0.25, -0.2) is 14.4 Å². The van der Waals surface area contributed by atoms with Gasteiger partial charge >= 0.3 is 18.2 Å². The van der Waals surface area contributed by atoms with Crippen LogP contribution in [0.25, 0.3) is 0 Å². The van der Waals surface area contributed by atoms with E-state index in [1.54, 1.807) is 32.6 Å². The van der Waals surface area contributed by atoms with Crippen molar-refractivity contribution in [3.63, 3.8) is 0 Å². The third kappa shape index (κ3) is 8.31. The first-order chi connectivity index (χ1) is 22.4. The molecule has 1 aromatic carbocycles. The minimum atomic E-state index is -1.13. The Hall–Kier alpha value is -3.96. The molecule has 2 saturated heterocycles. The summed E-state index contributed by atoms with van der Waals surface area (Å²) in [7, 11) is 0. The van der Waals surface area contributed by atoms with Crippen LogP contribution in [0.4, 0.5) is 9.59 Å². The van der Waals surface area contributed by atoms with Gasteiger partial charge in [0.1, 0.15) is 23.3 Å². The number of rotatable bonds is 4. The maximum Gasteiger partial charge on any atom is 0.433 e. The zero-order valence-corrected chi connectivity index (χ0v) is 28.0. The molecule has 3 aliphatic heterocycles. The molecule has 0 radical (unpaired) electrons. The summed E-state index contributed by atoms with van der Waals surface area (Å²) in [6, 6.07) is 6.81. The molecule has 0 spiro atoms. The van der Waals surface area contributed by atoms with E-state index in [0.717, 1.165) is 49.7 Å². The van der Waals surface area contributed by atoms with E-state index in [9.17, 15) is 24.0 Å². The number of benzene rings is 1. The Labute approximate surface area is 276 Å². The van der Waals surface area contributed by atoms with Crippen LogP contribution >= 0.6 is 0 Å². The Bertz CT molecular complexity index is 1360. The lowest BCUT2D eigenvalue weighted by atomic mass is 9.99. The van der Waals surface area contributed by atoms with E-state index in [1.165, 1.54) is 11.1 Å². The van der Waals surface area contributed by atoms with Crippen LogP contribution in [-0.4, -0.2) is 82.4 Å². The molecule has 1 unspecified atom stereocenters. The van der Waals surface area contributed by atoms with Gasteiger partial charge in [-0.05, 0) is 64.0 Å². The summed E-state index contributed by atoms with van der Waals surface area (Å²) in [5.41, 5.74) is 0.221. The van der Waals surface area contributed by atoms with Gasteiger partial charge in [0.05, 0.1) is 19.1 Å². The fraction of sp³-hybridized carbons (Fsp3) is 0.657. The molecule has 1 aromatic rings. The van der Waals surface area contributed by atoms with Crippen LogP contribution in [-0.2, 0) is 41.7 Å². The van der Waals surface area contributed by atoms with Crippen LogP contribution in [0.15, 0.2) is 29.3 Å². The van der Waals surface area contributed by atoms with Crippen molar-refractivity contribution in [3.8, 4) is 0 Å². The molecule has 5 atom stereocenters. The maximum absolute atomic E-state index is 14.2. The van der Waals surface area contributed by atoms with Gasteiger partial charge in [-0.3, -0.25) is 14.5 Å². The molecular formula is C35H48N4O8. The van der Waals surface area contributed by atoms with Crippen molar-refractivity contribution >= 4 is 36.2 Å². The summed E-state index contributed by atoms with van der Waals surface area (Å²) in [6.07, 6.45) is 5.49. The molecule has 4 amide bonds. The number of fused-ring (bicyclic) bond motifs is 3. The summed E-state index contributed by atoms with van der Waals surface area (Å²) < 4.78 is 16.6. The van der Waals surface area contributed by atoms with Gasteiger partial charge in [0.15, 0.2) is 0 Å². The van der Waals surface area contributed by atoms with Crippen LogP contribution in [0, 0.1) is 11.8 Å². The smallest absolute Gasteiger partial charge is 0.433 e. The first-order valence-corrected chi connectivity index (χ1v) is 17.0. The van der Waals surface area contributed by atoms with Gasteiger partial charge in [-0.1, -0.05) is 56.4 Å². The average Bonchev–Trinajstić information content (AvgIpc) is 3.33. The molecule has 12 heteroatoms. The maximum atomic E-state index is 14.2. The van der Waals surface area contributed by atoms with Gasteiger partial charge in [-0.2, -0.15) is 4.99 Å². The minimum Gasteiger partial charge on any atom is -0.464 e. The summed E-state index contributed by atoms with van der Waals surface area (Å²) in [5, 5.41) is 2.98. The zero-order chi connectivity index (χ0) is 33.8. The Kier molecular flexibility index (Phi) is 10.6. The highest BCUT2D eigenvalue weighted by Crippen LogP contribution is 2.48. The lowest BCUT2D eigenvalue weighted by Crippen LogP contribution is -2.54. The van der Waals surface area contributed by atoms with Gasteiger partial charge < -0.3 is 24.4 Å². The van der Waals surface area contributed by atoms with Crippen molar-refractivity contribution in [2.45, 2.75) is 122 Å².